The third-order valence-electron chi connectivity index (χ3n) is 6.19. The first kappa shape index (κ1) is 18.1. The molecule has 29 heavy (non-hydrogen) atoms. The molecule has 2 aliphatic heterocycles. The van der Waals surface area contributed by atoms with E-state index in [1.165, 1.54) is 11.1 Å². The number of carbonyl (C=O) groups is 1. The Kier molecular flexibility index (Phi) is 4.64. The number of nitrogens with zero attached hydrogens (tertiary/aromatic N) is 4. The Morgan fingerprint density at radius 3 is 2.66 bits per heavy atom. The van der Waals surface area contributed by atoms with Gasteiger partial charge < -0.3 is 4.90 Å². The van der Waals surface area contributed by atoms with Gasteiger partial charge in [-0.2, -0.15) is 0 Å². The lowest BCUT2D eigenvalue weighted by Crippen LogP contribution is -2.61. The smallest absolute Gasteiger partial charge is 0.261 e. The van der Waals surface area contributed by atoms with E-state index in [0.717, 1.165) is 32.6 Å². The zero-order valence-corrected chi connectivity index (χ0v) is 16.3. The number of hydrogen-bond donors (Lipinski definition) is 0. The molecule has 0 atom stereocenters. The number of fused-ring (bicyclic) bond motifs is 2. The van der Waals surface area contributed by atoms with Gasteiger partial charge in [-0.15, -0.1) is 0 Å². The van der Waals surface area contributed by atoms with Gasteiger partial charge in [0.15, 0.2) is 0 Å². The van der Waals surface area contributed by atoms with Crippen molar-refractivity contribution >= 4 is 16.8 Å². The van der Waals surface area contributed by atoms with Crippen LogP contribution in [0, 0.1) is 0 Å². The molecule has 0 radical (unpaired) electrons. The summed E-state index contributed by atoms with van der Waals surface area (Å²) in [5, 5.41) is 0.594. The standard InChI is InChI=1S/C23H24N4O2/c28-22(10-12-26-16-24-21-8-4-3-7-20(21)23(26)29)27-14-19(15-27)25-11-9-17-5-1-2-6-18(17)13-25/h1-8,16,19H,9-15H2. The summed E-state index contributed by atoms with van der Waals surface area (Å²) < 4.78 is 1.54. The molecule has 2 aromatic carbocycles. The van der Waals surface area contributed by atoms with Crippen molar-refractivity contribution in [3.05, 3.63) is 76.3 Å². The van der Waals surface area contributed by atoms with Crippen LogP contribution in [0.4, 0.5) is 0 Å². The first-order valence-electron chi connectivity index (χ1n) is 10.2. The van der Waals surface area contributed by atoms with E-state index < -0.39 is 0 Å². The van der Waals surface area contributed by atoms with Crippen LogP contribution in [0.15, 0.2) is 59.7 Å². The molecule has 1 amide bonds. The maximum absolute atomic E-state index is 12.6. The molecule has 0 spiro atoms. The largest absolute Gasteiger partial charge is 0.339 e. The summed E-state index contributed by atoms with van der Waals surface area (Å²) in [4.78, 5) is 33.8. The highest BCUT2D eigenvalue weighted by Crippen LogP contribution is 2.24. The van der Waals surface area contributed by atoms with E-state index in [2.05, 4.69) is 34.1 Å². The van der Waals surface area contributed by atoms with E-state index in [4.69, 9.17) is 0 Å². The molecule has 148 valence electrons. The van der Waals surface area contributed by atoms with Crippen molar-refractivity contribution in [1.82, 2.24) is 19.4 Å². The van der Waals surface area contributed by atoms with E-state index >= 15 is 0 Å². The Balaban J connectivity index is 1.16. The van der Waals surface area contributed by atoms with Gasteiger partial charge >= 0.3 is 0 Å². The Hall–Kier alpha value is -2.99. The summed E-state index contributed by atoms with van der Waals surface area (Å²) in [6.45, 7) is 3.97. The average Bonchev–Trinajstić information content (AvgIpc) is 2.72. The van der Waals surface area contributed by atoms with Crippen LogP contribution >= 0.6 is 0 Å². The zero-order chi connectivity index (χ0) is 19.8. The number of para-hydroxylation sites is 1. The maximum atomic E-state index is 12.6. The number of amides is 1. The monoisotopic (exact) mass is 388 g/mol. The van der Waals surface area contributed by atoms with Gasteiger partial charge in [-0.05, 0) is 29.7 Å². The number of aromatic nitrogens is 2. The van der Waals surface area contributed by atoms with Gasteiger partial charge in [-0.25, -0.2) is 4.98 Å². The lowest BCUT2D eigenvalue weighted by molar-refractivity contribution is -0.139. The van der Waals surface area contributed by atoms with Crippen molar-refractivity contribution in [3.63, 3.8) is 0 Å². The van der Waals surface area contributed by atoms with E-state index in [1.807, 2.05) is 23.1 Å². The van der Waals surface area contributed by atoms with Crippen LogP contribution in [0.5, 0.6) is 0 Å². The summed E-state index contributed by atoms with van der Waals surface area (Å²) in [6, 6.07) is 16.4. The Bertz CT molecular complexity index is 1120. The predicted octanol–water partition coefficient (Wildman–Crippen LogP) is 2.06. The number of carbonyl (C=O) groups excluding carboxylic acids is 1. The fourth-order valence-corrected chi connectivity index (χ4v) is 4.36. The van der Waals surface area contributed by atoms with Crippen molar-refractivity contribution < 1.29 is 4.79 Å². The highest BCUT2D eigenvalue weighted by Gasteiger charge is 2.35. The molecule has 1 saturated heterocycles. The fourth-order valence-electron chi connectivity index (χ4n) is 4.36. The number of hydrogen-bond acceptors (Lipinski definition) is 4. The second-order valence-electron chi connectivity index (χ2n) is 7.95. The van der Waals surface area contributed by atoms with Gasteiger partial charge in [0.05, 0.1) is 17.2 Å². The molecule has 6 heteroatoms. The molecule has 3 aromatic rings. The van der Waals surface area contributed by atoms with Crippen molar-refractivity contribution in [1.29, 1.82) is 0 Å². The first-order valence-corrected chi connectivity index (χ1v) is 10.2. The maximum Gasteiger partial charge on any atom is 0.261 e. The van der Waals surface area contributed by atoms with Crippen molar-refractivity contribution in [2.24, 2.45) is 0 Å². The topological polar surface area (TPSA) is 58.4 Å². The Labute approximate surface area is 169 Å². The molecule has 0 N–H and O–H groups in total. The van der Waals surface area contributed by atoms with E-state index in [-0.39, 0.29) is 11.5 Å². The Morgan fingerprint density at radius 2 is 1.79 bits per heavy atom. The third kappa shape index (κ3) is 3.44. The highest BCUT2D eigenvalue weighted by atomic mass is 16.2. The fraction of sp³-hybridized carbons (Fsp3) is 0.348. The normalized spacial score (nSPS) is 17.2. The first-order chi connectivity index (χ1) is 14.2. The molecule has 1 aromatic heterocycles. The van der Waals surface area contributed by atoms with Gasteiger partial charge in [0, 0.05) is 45.2 Å². The molecule has 3 heterocycles. The van der Waals surface area contributed by atoms with Crippen LogP contribution in [0.25, 0.3) is 10.9 Å². The van der Waals surface area contributed by atoms with Crippen LogP contribution < -0.4 is 5.56 Å². The summed E-state index contributed by atoms with van der Waals surface area (Å²) in [5.41, 5.74) is 3.46. The SMILES string of the molecule is O=C(CCn1cnc2ccccc2c1=O)N1CC(N2CCc3ccccc3C2)C1. The van der Waals surface area contributed by atoms with Crippen LogP contribution in [-0.2, 0) is 24.3 Å². The molecule has 6 nitrogen and oxygen atoms in total. The zero-order valence-electron chi connectivity index (χ0n) is 16.3. The second-order valence-corrected chi connectivity index (χ2v) is 7.95. The van der Waals surface area contributed by atoms with E-state index in [9.17, 15) is 9.59 Å². The molecule has 5 rings (SSSR count). The lowest BCUT2D eigenvalue weighted by atomic mass is 9.96. The molecule has 0 saturated carbocycles. The minimum atomic E-state index is -0.0862. The number of likely N-dealkylation sites (tertiary alicyclic amines) is 1. The minimum absolute atomic E-state index is 0.0862. The van der Waals surface area contributed by atoms with Gasteiger partial charge in [0.25, 0.3) is 5.56 Å². The highest BCUT2D eigenvalue weighted by molar-refractivity contribution is 5.78. The lowest BCUT2D eigenvalue weighted by Gasteiger charge is -2.47. The van der Waals surface area contributed by atoms with Gasteiger partial charge in [-0.1, -0.05) is 36.4 Å². The molecule has 2 aliphatic rings. The van der Waals surface area contributed by atoms with Crippen LogP contribution in [0.3, 0.4) is 0 Å². The van der Waals surface area contributed by atoms with Gasteiger partial charge in [0.2, 0.25) is 5.91 Å². The molecular formula is C23H24N4O2. The van der Waals surface area contributed by atoms with E-state index in [0.29, 0.717) is 29.9 Å². The van der Waals surface area contributed by atoms with Crippen molar-refractivity contribution in [2.75, 3.05) is 19.6 Å². The quantitative estimate of drug-likeness (QED) is 0.687. The van der Waals surface area contributed by atoms with Crippen LogP contribution in [-0.4, -0.2) is 50.9 Å². The molecule has 0 aliphatic carbocycles. The van der Waals surface area contributed by atoms with Crippen LogP contribution in [0.1, 0.15) is 17.5 Å². The summed E-state index contributed by atoms with van der Waals surface area (Å²) in [6.07, 6.45) is 2.95. The van der Waals surface area contributed by atoms with Crippen molar-refractivity contribution in [3.8, 4) is 0 Å². The molecule has 0 unspecified atom stereocenters. The van der Waals surface area contributed by atoms with Crippen LogP contribution in [0.2, 0.25) is 0 Å². The van der Waals surface area contributed by atoms with Crippen molar-refractivity contribution in [2.45, 2.75) is 32.0 Å². The van der Waals surface area contributed by atoms with Gasteiger partial charge in [0.1, 0.15) is 0 Å². The van der Waals surface area contributed by atoms with E-state index in [1.54, 1.807) is 17.0 Å². The third-order valence-corrected chi connectivity index (χ3v) is 6.19. The summed E-state index contributed by atoms with van der Waals surface area (Å²) >= 11 is 0. The summed E-state index contributed by atoms with van der Waals surface area (Å²) in [5.74, 6) is 0.110. The average molecular weight is 388 g/mol. The molecule has 1 fully saturated rings. The predicted molar refractivity (Wildman–Crippen MR) is 112 cm³/mol. The molecular weight excluding hydrogens is 364 g/mol. The number of benzene rings is 2. The summed E-state index contributed by atoms with van der Waals surface area (Å²) in [7, 11) is 0. The van der Waals surface area contributed by atoms with Gasteiger partial charge in [-0.3, -0.25) is 19.1 Å². The second kappa shape index (κ2) is 7.44. The molecule has 0 bridgehead atoms. The number of rotatable bonds is 4. The Morgan fingerprint density at radius 1 is 1.03 bits per heavy atom. The number of aryl methyl sites for hydroxylation is 1. The minimum Gasteiger partial charge on any atom is -0.339 e.